The molecule has 0 aromatic heterocycles. The van der Waals surface area contributed by atoms with E-state index in [-0.39, 0.29) is 5.91 Å². The molecule has 4 nitrogen and oxygen atoms in total. The van der Waals surface area contributed by atoms with Gasteiger partial charge in [0.15, 0.2) is 0 Å². The Kier molecular flexibility index (Phi) is 4.80. The van der Waals surface area contributed by atoms with Gasteiger partial charge in [0, 0.05) is 25.3 Å². The van der Waals surface area contributed by atoms with E-state index < -0.39 is 0 Å². The van der Waals surface area contributed by atoms with Crippen LogP contribution in [0.4, 0.5) is 5.69 Å². The summed E-state index contributed by atoms with van der Waals surface area (Å²) in [6, 6.07) is 6.33. The zero-order chi connectivity index (χ0) is 13.7. The van der Waals surface area contributed by atoms with E-state index in [1.807, 2.05) is 0 Å². The van der Waals surface area contributed by atoms with Crippen molar-refractivity contribution in [2.24, 2.45) is 5.73 Å². The van der Waals surface area contributed by atoms with Crippen molar-refractivity contribution in [2.75, 3.05) is 24.5 Å². The predicted octanol–water partition coefficient (Wildman–Crippen LogP) is 1.42. The van der Waals surface area contributed by atoms with Gasteiger partial charge in [-0.2, -0.15) is 0 Å². The van der Waals surface area contributed by atoms with Crippen LogP contribution in [0.2, 0.25) is 0 Å². The highest BCUT2D eigenvalue weighted by atomic mass is 16.2. The molecule has 0 saturated heterocycles. The molecule has 1 aliphatic heterocycles. The average molecular weight is 261 g/mol. The first-order chi connectivity index (χ1) is 9.24. The topological polar surface area (TPSA) is 58.4 Å². The Hall–Kier alpha value is -1.55. The summed E-state index contributed by atoms with van der Waals surface area (Å²) in [5.74, 6) is 0.109. The molecule has 1 heterocycles. The van der Waals surface area contributed by atoms with Gasteiger partial charge in [0.2, 0.25) is 5.91 Å². The molecular weight excluding hydrogens is 238 g/mol. The largest absolute Gasteiger partial charge is 0.362 e. The Morgan fingerprint density at radius 3 is 3.05 bits per heavy atom. The van der Waals surface area contributed by atoms with Crippen LogP contribution in [-0.4, -0.2) is 25.5 Å². The highest BCUT2D eigenvalue weighted by molar-refractivity contribution is 5.81. The lowest BCUT2D eigenvalue weighted by molar-refractivity contribution is -0.119. The second kappa shape index (κ2) is 6.57. The maximum Gasteiger partial charge on any atom is 0.239 e. The zero-order valence-corrected chi connectivity index (χ0v) is 11.6. The molecule has 0 fully saturated rings. The van der Waals surface area contributed by atoms with Crippen LogP contribution in [0.5, 0.6) is 0 Å². The number of nitrogens with zero attached hydrogens (tertiary/aromatic N) is 1. The molecule has 0 bridgehead atoms. The third-order valence-corrected chi connectivity index (χ3v) is 3.50. The molecule has 0 unspecified atom stereocenters. The van der Waals surface area contributed by atoms with Crippen molar-refractivity contribution < 1.29 is 4.79 Å². The van der Waals surface area contributed by atoms with E-state index in [1.165, 1.54) is 11.3 Å². The van der Waals surface area contributed by atoms with E-state index in [4.69, 9.17) is 5.73 Å². The van der Waals surface area contributed by atoms with Gasteiger partial charge in [-0.1, -0.05) is 19.1 Å². The number of carbonyl (C=O) groups excluding carboxylic acids is 1. The van der Waals surface area contributed by atoms with Gasteiger partial charge in [0.25, 0.3) is 0 Å². The Morgan fingerprint density at radius 2 is 2.32 bits per heavy atom. The summed E-state index contributed by atoms with van der Waals surface area (Å²) in [6.45, 7) is 4.80. The summed E-state index contributed by atoms with van der Waals surface area (Å²) in [5, 5.41) is 2.93. The molecule has 0 radical (unpaired) electrons. The first-order valence-electron chi connectivity index (χ1n) is 7.08. The maximum atomic E-state index is 11.8. The van der Waals surface area contributed by atoms with Crippen LogP contribution in [0.25, 0.3) is 0 Å². The van der Waals surface area contributed by atoms with Crippen LogP contribution in [0.15, 0.2) is 18.2 Å². The highest BCUT2D eigenvalue weighted by Gasteiger charge is 2.18. The van der Waals surface area contributed by atoms with Gasteiger partial charge in [0.1, 0.15) is 0 Å². The SMILES string of the molecule is CCCNC(=O)CN1CCCc2cc(CN)ccc21. The van der Waals surface area contributed by atoms with Crippen molar-refractivity contribution in [1.29, 1.82) is 0 Å². The smallest absolute Gasteiger partial charge is 0.239 e. The minimum atomic E-state index is 0.109. The van der Waals surface area contributed by atoms with Crippen molar-refractivity contribution in [1.82, 2.24) is 5.32 Å². The van der Waals surface area contributed by atoms with Crippen molar-refractivity contribution in [2.45, 2.75) is 32.7 Å². The molecule has 1 aromatic carbocycles. The number of anilines is 1. The van der Waals surface area contributed by atoms with Gasteiger partial charge in [-0.15, -0.1) is 0 Å². The van der Waals surface area contributed by atoms with E-state index in [9.17, 15) is 4.79 Å². The number of rotatable bonds is 5. The number of aryl methyl sites for hydroxylation is 1. The molecule has 19 heavy (non-hydrogen) atoms. The van der Waals surface area contributed by atoms with Crippen LogP contribution >= 0.6 is 0 Å². The van der Waals surface area contributed by atoms with Crippen LogP contribution in [0, 0.1) is 0 Å². The molecule has 3 N–H and O–H groups in total. The number of amides is 1. The Labute approximate surface area is 115 Å². The zero-order valence-electron chi connectivity index (χ0n) is 11.6. The Bertz CT molecular complexity index is 445. The second-order valence-corrected chi connectivity index (χ2v) is 5.04. The third kappa shape index (κ3) is 3.47. The monoisotopic (exact) mass is 261 g/mol. The molecule has 2 rings (SSSR count). The lowest BCUT2D eigenvalue weighted by atomic mass is 9.99. The van der Waals surface area contributed by atoms with E-state index in [1.54, 1.807) is 0 Å². The predicted molar refractivity (Wildman–Crippen MR) is 78.2 cm³/mol. The number of nitrogens with two attached hydrogens (primary N) is 1. The first-order valence-corrected chi connectivity index (χ1v) is 7.08. The van der Waals surface area contributed by atoms with Gasteiger partial charge in [0.05, 0.1) is 6.54 Å². The molecule has 0 saturated carbocycles. The quantitative estimate of drug-likeness (QED) is 0.843. The lowest BCUT2D eigenvalue weighted by Crippen LogP contribution is -2.40. The van der Waals surface area contributed by atoms with Crippen molar-refractivity contribution in [3.8, 4) is 0 Å². The minimum absolute atomic E-state index is 0.109. The summed E-state index contributed by atoms with van der Waals surface area (Å²) < 4.78 is 0. The number of nitrogens with one attached hydrogen (secondary N) is 1. The van der Waals surface area contributed by atoms with Crippen LogP contribution < -0.4 is 16.0 Å². The van der Waals surface area contributed by atoms with Crippen LogP contribution in [-0.2, 0) is 17.8 Å². The molecule has 1 aromatic rings. The van der Waals surface area contributed by atoms with E-state index in [0.717, 1.165) is 37.9 Å². The summed E-state index contributed by atoms with van der Waals surface area (Å²) in [7, 11) is 0. The van der Waals surface area contributed by atoms with Crippen LogP contribution in [0.3, 0.4) is 0 Å². The van der Waals surface area contributed by atoms with Gasteiger partial charge in [-0.25, -0.2) is 0 Å². The Balaban J connectivity index is 2.07. The summed E-state index contributed by atoms with van der Waals surface area (Å²) >= 11 is 0. The third-order valence-electron chi connectivity index (χ3n) is 3.50. The van der Waals surface area contributed by atoms with Gasteiger partial charge >= 0.3 is 0 Å². The van der Waals surface area contributed by atoms with Crippen molar-refractivity contribution >= 4 is 11.6 Å². The van der Waals surface area contributed by atoms with Crippen molar-refractivity contribution in [3.05, 3.63) is 29.3 Å². The second-order valence-electron chi connectivity index (χ2n) is 5.04. The summed E-state index contributed by atoms with van der Waals surface area (Å²) in [4.78, 5) is 14.0. The normalized spacial score (nSPS) is 14.1. The van der Waals surface area contributed by atoms with E-state index in [0.29, 0.717) is 13.1 Å². The molecule has 104 valence electrons. The fourth-order valence-electron chi connectivity index (χ4n) is 2.51. The number of benzene rings is 1. The summed E-state index contributed by atoms with van der Waals surface area (Å²) in [5.41, 5.74) is 9.35. The fourth-order valence-corrected chi connectivity index (χ4v) is 2.51. The van der Waals surface area contributed by atoms with Crippen LogP contribution in [0.1, 0.15) is 30.9 Å². The number of hydrogen-bond acceptors (Lipinski definition) is 3. The summed E-state index contributed by atoms with van der Waals surface area (Å²) in [6.07, 6.45) is 3.15. The fraction of sp³-hybridized carbons (Fsp3) is 0.533. The standard InChI is InChI=1S/C15H23N3O/c1-2-7-17-15(19)11-18-8-3-4-13-9-12(10-16)5-6-14(13)18/h5-6,9H,2-4,7-8,10-11,16H2,1H3,(H,17,19). The number of fused-ring (bicyclic) bond motifs is 1. The van der Waals surface area contributed by atoms with Gasteiger partial charge in [-0.05, 0) is 36.5 Å². The van der Waals surface area contributed by atoms with E-state index in [2.05, 4.69) is 35.3 Å². The molecule has 1 aliphatic rings. The van der Waals surface area contributed by atoms with Gasteiger partial charge < -0.3 is 16.0 Å². The average Bonchev–Trinajstić information content (AvgIpc) is 2.44. The minimum Gasteiger partial charge on any atom is -0.362 e. The van der Waals surface area contributed by atoms with Crippen molar-refractivity contribution in [3.63, 3.8) is 0 Å². The molecular formula is C15H23N3O. The molecule has 0 aliphatic carbocycles. The lowest BCUT2D eigenvalue weighted by Gasteiger charge is -2.31. The van der Waals surface area contributed by atoms with E-state index >= 15 is 0 Å². The first kappa shape index (κ1) is 13.9. The van der Waals surface area contributed by atoms with Gasteiger partial charge in [-0.3, -0.25) is 4.79 Å². The Morgan fingerprint density at radius 1 is 1.47 bits per heavy atom. The molecule has 4 heteroatoms. The number of carbonyl (C=O) groups is 1. The molecule has 0 atom stereocenters. The molecule has 0 spiro atoms. The number of hydrogen-bond donors (Lipinski definition) is 2. The highest BCUT2D eigenvalue weighted by Crippen LogP contribution is 2.27. The molecule has 1 amide bonds. The maximum absolute atomic E-state index is 11.8.